The zero-order valence-electron chi connectivity index (χ0n) is 13.5. The van der Waals surface area contributed by atoms with Crippen molar-refractivity contribution in [1.82, 2.24) is 4.72 Å². The Morgan fingerprint density at radius 2 is 1.82 bits per heavy atom. The van der Waals surface area contributed by atoms with Crippen LogP contribution in [0.15, 0.2) is 23.1 Å². The van der Waals surface area contributed by atoms with Crippen molar-refractivity contribution in [2.24, 2.45) is 5.92 Å². The van der Waals surface area contributed by atoms with Crippen LogP contribution in [0.25, 0.3) is 0 Å². The van der Waals surface area contributed by atoms with Gasteiger partial charge in [0.1, 0.15) is 16.4 Å². The monoisotopic (exact) mass is 327 g/mol. The number of hydrogen-bond donors (Lipinski definition) is 1. The van der Waals surface area contributed by atoms with E-state index in [1.54, 1.807) is 12.1 Å². The molecule has 0 amide bonds. The first kappa shape index (κ1) is 17.1. The Kier molecular flexibility index (Phi) is 5.69. The fourth-order valence-electron chi connectivity index (χ4n) is 3.03. The third kappa shape index (κ3) is 3.93. The highest BCUT2D eigenvalue weighted by atomic mass is 32.2. The van der Waals surface area contributed by atoms with Crippen LogP contribution in [0.5, 0.6) is 11.5 Å². The first-order valence-electron chi connectivity index (χ1n) is 7.72. The number of benzene rings is 1. The Labute approximate surface area is 133 Å². The molecule has 0 radical (unpaired) electrons. The molecule has 5 nitrogen and oxygen atoms in total. The highest BCUT2D eigenvalue weighted by Crippen LogP contribution is 2.30. The molecule has 1 saturated carbocycles. The molecule has 0 spiro atoms. The van der Waals surface area contributed by atoms with Gasteiger partial charge in [-0.05, 0) is 37.8 Å². The van der Waals surface area contributed by atoms with Crippen molar-refractivity contribution >= 4 is 10.0 Å². The summed E-state index contributed by atoms with van der Waals surface area (Å²) in [7, 11) is -0.665. The van der Waals surface area contributed by atoms with E-state index in [0.29, 0.717) is 17.4 Å². The third-order valence-corrected chi connectivity index (χ3v) is 5.94. The van der Waals surface area contributed by atoms with Crippen LogP contribution in [-0.4, -0.2) is 28.7 Å². The maximum Gasteiger partial charge on any atom is 0.244 e. The molecule has 1 aliphatic carbocycles. The van der Waals surface area contributed by atoms with Crippen molar-refractivity contribution in [3.8, 4) is 11.5 Å². The quantitative estimate of drug-likeness (QED) is 0.872. The Balaban J connectivity index is 2.22. The van der Waals surface area contributed by atoms with Crippen LogP contribution in [0.1, 0.15) is 39.0 Å². The molecule has 22 heavy (non-hydrogen) atoms. The van der Waals surface area contributed by atoms with E-state index in [4.69, 9.17) is 9.47 Å². The lowest BCUT2D eigenvalue weighted by molar-refractivity contribution is 0.302. The number of rotatable bonds is 6. The smallest absolute Gasteiger partial charge is 0.244 e. The summed E-state index contributed by atoms with van der Waals surface area (Å²) in [6.45, 7) is 1.94. The number of hydrogen-bond acceptors (Lipinski definition) is 4. The van der Waals surface area contributed by atoms with E-state index in [0.717, 1.165) is 12.8 Å². The molecule has 0 saturated heterocycles. The standard InChI is InChI=1S/C16H25NO4S/c1-12(13-7-5-4-6-8-13)17-22(18,19)16-11-14(20-2)9-10-15(16)21-3/h9-13,17H,4-8H2,1-3H3. The normalized spacial score (nSPS) is 18.0. The molecule has 1 N–H and O–H groups in total. The molecule has 6 heteroatoms. The van der Waals surface area contributed by atoms with Gasteiger partial charge in [-0.1, -0.05) is 19.3 Å². The van der Waals surface area contributed by atoms with Gasteiger partial charge in [-0.25, -0.2) is 13.1 Å². The first-order chi connectivity index (χ1) is 10.5. The van der Waals surface area contributed by atoms with Crippen LogP contribution in [0, 0.1) is 5.92 Å². The maximum absolute atomic E-state index is 12.7. The molecule has 1 aromatic carbocycles. The molecule has 1 aliphatic rings. The van der Waals surface area contributed by atoms with Gasteiger partial charge in [0, 0.05) is 12.1 Å². The highest BCUT2D eigenvalue weighted by molar-refractivity contribution is 7.89. The van der Waals surface area contributed by atoms with Crippen LogP contribution in [-0.2, 0) is 10.0 Å². The fourth-order valence-corrected chi connectivity index (χ4v) is 4.53. The first-order valence-corrected chi connectivity index (χ1v) is 9.20. The summed E-state index contributed by atoms with van der Waals surface area (Å²) in [6, 6.07) is 4.71. The molecule has 1 fully saturated rings. The molecule has 1 aromatic rings. The second-order valence-electron chi connectivity index (χ2n) is 5.82. The molecule has 0 aromatic heterocycles. The molecular formula is C16H25NO4S. The van der Waals surface area contributed by atoms with Gasteiger partial charge in [-0.3, -0.25) is 0 Å². The van der Waals surface area contributed by atoms with E-state index in [1.165, 1.54) is 39.5 Å². The Morgan fingerprint density at radius 1 is 1.14 bits per heavy atom. The number of methoxy groups -OCH3 is 2. The van der Waals surface area contributed by atoms with Crippen LogP contribution in [0.4, 0.5) is 0 Å². The number of sulfonamides is 1. The maximum atomic E-state index is 12.7. The van der Waals surface area contributed by atoms with E-state index in [2.05, 4.69) is 4.72 Å². The molecule has 0 heterocycles. The van der Waals surface area contributed by atoms with Gasteiger partial charge in [0.05, 0.1) is 14.2 Å². The lowest BCUT2D eigenvalue weighted by atomic mass is 9.85. The van der Waals surface area contributed by atoms with E-state index in [9.17, 15) is 8.42 Å². The molecular weight excluding hydrogens is 302 g/mol. The second kappa shape index (κ2) is 7.33. The van der Waals surface area contributed by atoms with Crippen LogP contribution < -0.4 is 14.2 Å². The van der Waals surface area contributed by atoms with Crippen molar-refractivity contribution in [1.29, 1.82) is 0 Å². The fraction of sp³-hybridized carbons (Fsp3) is 0.625. The van der Waals surface area contributed by atoms with Crippen LogP contribution >= 0.6 is 0 Å². The van der Waals surface area contributed by atoms with Gasteiger partial charge in [0.25, 0.3) is 0 Å². The molecule has 0 bridgehead atoms. The van der Waals surface area contributed by atoms with Gasteiger partial charge >= 0.3 is 0 Å². The van der Waals surface area contributed by atoms with E-state index >= 15 is 0 Å². The van der Waals surface area contributed by atoms with Gasteiger partial charge < -0.3 is 9.47 Å². The molecule has 124 valence electrons. The molecule has 0 aliphatic heterocycles. The van der Waals surface area contributed by atoms with Gasteiger partial charge in [-0.2, -0.15) is 0 Å². The number of ether oxygens (including phenoxy) is 2. The average molecular weight is 327 g/mol. The largest absolute Gasteiger partial charge is 0.497 e. The topological polar surface area (TPSA) is 64.6 Å². The summed E-state index contributed by atoms with van der Waals surface area (Å²) >= 11 is 0. The lowest BCUT2D eigenvalue weighted by Gasteiger charge is -2.28. The van der Waals surface area contributed by atoms with Crippen molar-refractivity contribution < 1.29 is 17.9 Å². The zero-order chi connectivity index (χ0) is 16.2. The minimum Gasteiger partial charge on any atom is -0.497 e. The van der Waals surface area contributed by atoms with Crippen molar-refractivity contribution in [3.05, 3.63) is 18.2 Å². The zero-order valence-corrected chi connectivity index (χ0v) is 14.3. The second-order valence-corrected chi connectivity index (χ2v) is 7.51. The molecule has 1 unspecified atom stereocenters. The van der Waals surface area contributed by atoms with Crippen molar-refractivity contribution in [3.63, 3.8) is 0 Å². The van der Waals surface area contributed by atoms with E-state index < -0.39 is 10.0 Å². The van der Waals surface area contributed by atoms with Crippen LogP contribution in [0.3, 0.4) is 0 Å². The Morgan fingerprint density at radius 3 is 2.41 bits per heavy atom. The summed E-state index contributed by atoms with van der Waals surface area (Å²) in [5.74, 6) is 1.22. The SMILES string of the molecule is COc1ccc(OC)c(S(=O)(=O)NC(C)C2CCCCC2)c1. The van der Waals surface area contributed by atoms with E-state index in [-0.39, 0.29) is 10.9 Å². The minimum absolute atomic E-state index is 0.0822. The average Bonchev–Trinajstić information content (AvgIpc) is 2.54. The number of nitrogens with one attached hydrogen (secondary N) is 1. The summed E-state index contributed by atoms with van der Waals surface area (Å²) in [5.41, 5.74) is 0. The van der Waals surface area contributed by atoms with Gasteiger partial charge in [0.2, 0.25) is 10.0 Å². The Bertz CT molecular complexity index is 594. The Hall–Kier alpha value is -1.27. The lowest BCUT2D eigenvalue weighted by Crippen LogP contribution is -2.38. The minimum atomic E-state index is -3.64. The summed E-state index contributed by atoms with van der Waals surface area (Å²) in [4.78, 5) is 0.122. The van der Waals surface area contributed by atoms with Crippen molar-refractivity contribution in [2.75, 3.05) is 14.2 Å². The predicted molar refractivity (Wildman–Crippen MR) is 85.9 cm³/mol. The molecule has 1 atom stereocenters. The predicted octanol–water partition coefficient (Wildman–Crippen LogP) is 2.95. The molecule has 2 rings (SSSR count). The summed E-state index contributed by atoms with van der Waals surface area (Å²) < 4.78 is 38.5. The van der Waals surface area contributed by atoms with E-state index in [1.807, 2.05) is 6.92 Å². The van der Waals surface area contributed by atoms with Crippen LogP contribution in [0.2, 0.25) is 0 Å². The summed E-state index contributed by atoms with van der Waals surface area (Å²) in [5, 5.41) is 0. The summed E-state index contributed by atoms with van der Waals surface area (Å²) in [6.07, 6.45) is 5.77. The van der Waals surface area contributed by atoms with Crippen molar-refractivity contribution in [2.45, 2.75) is 50.0 Å². The van der Waals surface area contributed by atoms with Gasteiger partial charge in [-0.15, -0.1) is 0 Å². The van der Waals surface area contributed by atoms with Gasteiger partial charge in [0.15, 0.2) is 0 Å². The third-order valence-electron chi connectivity index (χ3n) is 4.36. The highest BCUT2D eigenvalue weighted by Gasteiger charge is 2.27.